The Labute approximate surface area is 132 Å². The predicted molar refractivity (Wildman–Crippen MR) is 83.8 cm³/mol. The summed E-state index contributed by atoms with van der Waals surface area (Å²) in [5.74, 6) is 0.639. The van der Waals surface area contributed by atoms with Crippen LogP contribution >= 0.6 is 11.6 Å². The van der Waals surface area contributed by atoms with Crippen molar-refractivity contribution in [1.82, 2.24) is 10.2 Å². The summed E-state index contributed by atoms with van der Waals surface area (Å²) in [6, 6.07) is 9.05. The summed E-state index contributed by atoms with van der Waals surface area (Å²) in [7, 11) is 0. The average Bonchev–Trinajstić information content (AvgIpc) is 2.88. The number of nitriles is 2. The van der Waals surface area contributed by atoms with Crippen molar-refractivity contribution in [3.63, 3.8) is 0 Å². The minimum Gasteiger partial charge on any atom is -0.493 e. The van der Waals surface area contributed by atoms with Gasteiger partial charge in [-0.2, -0.15) is 15.6 Å². The van der Waals surface area contributed by atoms with Crippen molar-refractivity contribution in [3.8, 4) is 17.9 Å². The molecule has 0 atom stereocenters. The zero-order valence-corrected chi connectivity index (χ0v) is 12.5. The van der Waals surface area contributed by atoms with Crippen molar-refractivity contribution in [3.05, 3.63) is 40.0 Å². The van der Waals surface area contributed by atoms with Gasteiger partial charge in [0.25, 0.3) is 0 Å². The molecule has 0 fully saturated rings. The van der Waals surface area contributed by atoms with E-state index in [0.717, 1.165) is 0 Å². The number of halogens is 1. The largest absolute Gasteiger partial charge is 0.493 e. The molecule has 0 bridgehead atoms. The number of rotatable bonds is 4. The fourth-order valence-corrected chi connectivity index (χ4v) is 2.08. The van der Waals surface area contributed by atoms with E-state index >= 15 is 0 Å². The van der Waals surface area contributed by atoms with Crippen molar-refractivity contribution < 1.29 is 4.74 Å². The van der Waals surface area contributed by atoms with E-state index in [1.54, 1.807) is 24.3 Å². The molecule has 2 rings (SSSR count). The average molecular weight is 314 g/mol. The van der Waals surface area contributed by atoms with Crippen LogP contribution in [-0.4, -0.2) is 16.8 Å². The summed E-state index contributed by atoms with van der Waals surface area (Å²) in [5.41, 5.74) is 6.83. The molecule has 22 heavy (non-hydrogen) atoms. The van der Waals surface area contributed by atoms with E-state index in [-0.39, 0.29) is 22.6 Å². The van der Waals surface area contributed by atoms with Crippen LogP contribution in [-0.2, 0) is 0 Å². The monoisotopic (exact) mass is 313 g/mol. The maximum absolute atomic E-state index is 9.37. The van der Waals surface area contributed by atoms with E-state index in [9.17, 15) is 5.26 Å². The maximum atomic E-state index is 9.37. The second-order valence-electron chi connectivity index (χ2n) is 4.26. The molecule has 0 saturated heterocycles. The van der Waals surface area contributed by atoms with Crippen molar-refractivity contribution in [2.24, 2.45) is 0 Å². The number of anilines is 1. The van der Waals surface area contributed by atoms with E-state index in [0.29, 0.717) is 22.9 Å². The van der Waals surface area contributed by atoms with Gasteiger partial charge in [0.2, 0.25) is 0 Å². The Morgan fingerprint density at radius 3 is 2.91 bits per heavy atom. The van der Waals surface area contributed by atoms with Crippen LogP contribution in [0.2, 0.25) is 5.02 Å². The third-order valence-corrected chi connectivity index (χ3v) is 3.10. The van der Waals surface area contributed by atoms with Crippen LogP contribution in [0.4, 0.5) is 5.82 Å². The highest BCUT2D eigenvalue weighted by molar-refractivity contribution is 6.30. The molecular weight excluding hydrogens is 302 g/mol. The summed E-state index contributed by atoms with van der Waals surface area (Å²) < 4.78 is 5.51. The Balaban J connectivity index is 2.57. The second-order valence-corrected chi connectivity index (χ2v) is 4.69. The quantitative estimate of drug-likeness (QED) is 0.843. The zero-order valence-electron chi connectivity index (χ0n) is 11.7. The van der Waals surface area contributed by atoms with E-state index in [1.165, 1.54) is 0 Å². The number of ether oxygens (including phenoxy) is 1. The highest BCUT2D eigenvalue weighted by Gasteiger charge is 2.15. The van der Waals surface area contributed by atoms with Crippen LogP contribution in [0.1, 0.15) is 23.7 Å². The number of nitrogens with zero attached hydrogens (tertiary/aromatic N) is 3. The number of H-pyrrole nitrogens is 1. The summed E-state index contributed by atoms with van der Waals surface area (Å²) in [6.07, 6.45) is 1.57. The first-order chi connectivity index (χ1) is 10.6. The molecule has 1 aromatic heterocycles. The number of nitrogens with two attached hydrogens (primary N) is 1. The maximum Gasteiger partial charge on any atom is 0.163 e. The molecule has 0 spiro atoms. The lowest BCUT2D eigenvalue weighted by Crippen LogP contribution is -1.95. The second kappa shape index (κ2) is 6.66. The third-order valence-electron chi connectivity index (χ3n) is 2.87. The lowest BCUT2D eigenvalue weighted by Gasteiger charge is -2.08. The normalized spacial score (nSPS) is 10.8. The first-order valence-electron chi connectivity index (χ1n) is 6.39. The highest BCUT2D eigenvalue weighted by Crippen LogP contribution is 2.28. The van der Waals surface area contributed by atoms with E-state index in [2.05, 4.69) is 10.2 Å². The van der Waals surface area contributed by atoms with Crippen LogP contribution in [0.3, 0.4) is 0 Å². The first-order valence-corrected chi connectivity index (χ1v) is 6.77. The van der Waals surface area contributed by atoms with Gasteiger partial charge in [-0.25, -0.2) is 0 Å². The molecule has 2 aromatic rings. The Kier molecular flexibility index (Phi) is 4.67. The fraction of sp³-hybridized carbons (Fsp3) is 0.133. The van der Waals surface area contributed by atoms with Crippen LogP contribution in [0.25, 0.3) is 11.6 Å². The number of allylic oxidation sites excluding steroid dienone is 1. The molecule has 0 amide bonds. The van der Waals surface area contributed by atoms with Gasteiger partial charge in [-0.05, 0) is 31.2 Å². The number of aromatic nitrogens is 2. The standard InChI is InChI=1S/C15H12ClN5O/c1-2-22-13-4-3-11(16)6-9(13)5-10(7-17)14-12(8-18)15(19)21-20-14/h3-6H,2H2,1H3,(H3,19,20,21)/b10-5+. The Morgan fingerprint density at radius 1 is 1.50 bits per heavy atom. The number of nitrogens with one attached hydrogen (secondary N) is 1. The third kappa shape index (κ3) is 3.03. The zero-order chi connectivity index (χ0) is 16.1. The molecule has 3 N–H and O–H groups in total. The van der Waals surface area contributed by atoms with Gasteiger partial charge in [-0.3, -0.25) is 5.10 Å². The number of benzene rings is 1. The molecule has 7 heteroatoms. The van der Waals surface area contributed by atoms with Gasteiger partial charge < -0.3 is 10.5 Å². The molecule has 0 unspecified atom stereocenters. The number of hydrogen-bond donors (Lipinski definition) is 2. The van der Waals surface area contributed by atoms with Gasteiger partial charge in [0.05, 0.1) is 17.9 Å². The van der Waals surface area contributed by atoms with Gasteiger partial charge in [0.15, 0.2) is 5.82 Å². The minimum absolute atomic E-state index is 0.0507. The SMILES string of the molecule is CCOc1ccc(Cl)cc1/C=C(\C#N)c1[nH]nc(N)c1C#N. The molecule has 0 aliphatic heterocycles. The van der Waals surface area contributed by atoms with E-state index < -0.39 is 0 Å². The molecule has 110 valence electrons. The molecule has 0 aliphatic carbocycles. The van der Waals surface area contributed by atoms with Crippen LogP contribution in [0.5, 0.6) is 5.75 Å². The van der Waals surface area contributed by atoms with E-state index in [1.807, 2.05) is 19.1 Å². The molecule has 0 aliphatic rings. The summed E-state index contributed by atoms with van der Waals surface area (Å²) >= 11 is 5.99. The molecule has 6 nitrogen and oxygen atoms in total. The molecular formula is C15H12ClN5O. The van der Waals surface area contributed by atoms with Crippen molar-refractivity contribution in [1.29, 1.82) is 10.5 Å². The van der Waals surface area contributed by atoms with Gasteiger partial charge in [0, 0.05) is 10.6 Å². The van der Waals surface area contributed by atoms with Crippen molar-refractivity contribution in [2.75, 3.05) is 12.3 Å². The number of hydrogen-bond acceptors (Lipinski definition) is 5. The topological polar surface area (TPSA) is 112 Å². The van der Waals surface area contributed by atoms with Crippen LogP contribution in [0, 0.1) is 22.7 Å². The fourth-order valence-electron chi connectivity index (χ4n) is 1.90. The molecule has 1 aromatic carbocycles. The molecule has 0 saturated carbocycles. The first kappa shape index (κ1) is 15.4. The molecule has 1 heterocycles. The Bertz CT molecular complexity index is 810. The summed E-state index contributed by atoms with van der Waals surface area (Å²) in [5, 5.41) is 25.3. The lowest BCUT2D eigenvalue weighted by molar-refractivity contribution is 0.339. The van der Waals surface area contributed by atoms with Gasteiger partial charge in [-0.1, -0.05) is 11.6 Å². The van der Waals surface area contributed by atoms with Crippen LogP contribution < -0.4 is 10.5 Å². The lowest BCUT2D eigenvalue weighted by atomic mass is 10.1. The minimum atomic E-state index is 0.0507. The predicted octanol–water partition coefficient (Wildman–Crippen LogP) is 2.98. The van der Waals surface area contributed by atoms with Crippen molar-refractivity contribution in [2.45, 2.75) is 6.92 Å². The highest BCUT2D eigenvalue weighted by atomic mass is 35.5. The van der Waals surface area contributed by atoms with Crippen molar-refractivity contribution >= 4 is 29.1 Å². The van der Waals surface area contributed by atoms with E-state index in [4.69, 9.17) is 27.3 Å². The Hall–Kier alpha value is -2.96. The van der Waals surface area contributed by atoms with Crippen LogP contribution in [0.15, 0.2) is 18.2 Å². The van der Waals surface area contributed by atoms with Gasteiger partial charge >= 0.3 is 0 Å². The van der Waals surface area contributed by atoms with Gasteiger partial charge in [-0.15, -0.1) is 0 Å². The summed E-state index contributed by atoms with van der Waals surface area (Å²) in [4.78, 5) is 0. The summed E-state index contributed by atoms with van der Waals surface area (Å²) in [6.45, 7) is 2.33. The number of aromatic amines is 1. The number of nitrogen functional groups attached to an aromatic ring is 1. The van der Waals surface area contributed by atoms with Gasteiger partial charge in [0.1, 0.15) is 23.5 Å². The molecule has 0 radical (unpaired) electrons. The Morgan fingerprint density at radius 2 is 2.27 bits per heavy atom. The smallest absolute Gasteiger partial charge is 0.163 e.